The van der Waals surface area contributed by atoms with Crippen molar-refractivity contribution >= 4 is 6.08 Å². The number of rotatable bonds is 7. The molecule has 0 amide bonds. The molecule has 1 rings (SSSR count). The summed E-state index contributed by atoms with van der Waals surface area (Å²) in [4.78, 5) is 0. The lowest BCUT2D eigenvalue weighted by Gasteiger charge is -2.06. The van der Waals surface area contributed by atoms with Crippen molar-refractivity contribution in [3.05, 3.63) is 54.9 Å². The molecule has 1 heteroatoms. The molecule has 0 saturated heterocycles. The van der Waals surface area contributed by atoms with E-state index in [2.05, 4.69) is 43.0 Å². The molecule has 0 aliphatic rings. The Morgan fingerprint density at radius 3 is 2.81 bits per heavy atom. The molecule has 0 bridgehead atoms. The van der Waals surface area contributed by atoms with Gasteiger partial charge < -0.3 is 4.57 Å². The van der Waals surface area contributed by atoms with Crippen molar-refractivity contribution in [1.82, 2.24) is 4.57 Å². The van der Waals surface area contributed by atoms with Crippen LogP contribution in [-0.2, 0) is 13.0 Å². The second-order valence-corrected chi connectivity index (χ2v) is 3.86. The van der Waals surface area contributed by atoms with Crippen molar-refractivity contribution in [1.29, 1.82) is 0 Å². The summed E-state index contributed by atoms with van der Waals surface area (Å²) >= 11 is 0. The smallest absolute Gasteiger partial charge is 0.0442 e. The third-order valence-corrected chi connectivity index (χ3v) is 2.60. The van der Waals surface area contributed by atoms with Crippen molar-refractivity contribution in [3.63, 3.8) is 0 Å². The fourth-order valence-corrected chi connectivity index (χ4v) is 1.74. The van der Waals surface area contributed by atoms with Gasteiger partial charge in [-0.25, -0.2) is 0 Å². The number of hydrogen-bond acceptors (Lipinski definition) is 0. The van der Waals surface area contributed by atoms with Crippen molar-refractivity contribution in [2.75, 3.05) is 0 Å². The van der Waals surface area contributed by atoms with Crippen LogP contribution < -0.4 is 0 Å². The number of aryl methyl sites for hydroxylation is 1. The molecule has 0 N–H and O–H groups in total. The van der Waals surface area contributed by atoms with Gasteiger partial charge in [0.2, 0.25) is 0 Å². The van der Waals surface area contributed by atoms with Crippen LogP contribution >= 0.6 is 0 Å². The van der Waals surface area contributed by atoms with Gasteiger partial charge in [0, 0.05) is 18.4 Å². The van der Waals surface area contributed by atoms with Gasteiger partial charge in [0.05, 0.1) is 0 Å². The van der Waals surface area contributed by atoms with Gasteiger partial charge in [0.25, 0.3) is 0 Å². The van der Waals surface area contributed by atoms with Crippen LogP contribution in [0.1, 0.15) is 31.0 Å². The normalized spacial score (nSPS) is 10.8. The lowest BCUT2D eigenvalue weighted by Crippen LogP contribution is -1.99. The average Bonchev–Trinajstić information content (AvgIpc) is 2.67. The number of aromatic nitrogens is 1. The topological polar surface area (TPSA) is 4.93 Å². The summed E-state index contributed by atoms with van der Waals surface area (Å²) < 4.78 is 2.31. The summed E-state index contributed by atoms with van der Waals surface area (Å²) in [6.45, 7) is 10.8. The third kappa shape index (κ3) is 3.27. The molecular formula is C15H21N. The standard InChI is InChI=1S/C15H21N/c1-4-7-10-15-14(9-6-3)11-13-16(15)12-8-5-2/h4,6-7,10-11,13H,1,3,5,8-9,12H2,2H3/b10-7-. The fourth-order valence-electron chi connectivity index (χ4n) is 1.74. The highest BCUT2D eigenvalue weighted by Crippen LogP contribution is 2.15. The molecule has 0 spiro atoms. The highest BCUT2D eigenvalue weighted by Gasteiger charge is 2.04. The minimum Gasteiger partial charge on any atom is -0.348 e. The van der Waals surface area contributed by atoms with Crippen LogP contribution in [0.2, 0.25) is 0 Å². The molecule has 86 valence electrons. The van der Waals surface area contributed by atoms with Crippen LogP contribution in [0.4, 0.5) is 0 Å². The monoisotopic (exact) mass is 215 g/mol. The summed E-state index contributed by atoms with van der Waals surface area (Å²) in [6.07, 6.45) is 13.4. The first-order valence-electron chi connectivity index (χ1n) is 5.91. The minimum atomic E-state index is 0.927. The van der Waals surface area contributed by atoms with Gasteiger partial charge in [-0.05, 0) is 30.5 Å². The summed E-state index contributed by atoms with van der Waals surface area (Å²) in [5, 5.41) is 0. The van der Waals surface area contributed by atoms with Crippen LogP contribution in [0.5, 0.6) is 0 Å². The summed E-state index contributed by atoms with van der Waals surface area (Å²) in [6, 6.07) is 2.18. The molecular weight excluding hydrogens is 194 g/mol. The van der Waals surface area contributed by atoms with E-state index in [4.69, 9.17) is 0 Å². The van der Waals surface area contributed by atoms with Gasteiger partial charge in [-0.1, -0.05) is 38.2 Å². The minimum absolute atomic E-state index is 0.927. The van der Waals surface area contributed by atoms with Gasteiger partial charge in [-0.2, -0.15) is 0 Å². The number of hydrogen-bond donors (Lipinski definition) is 0. The van der Waals surface area contributed by atoms with E-state index in [0.29, 0.717) is 0 Å². The van der Waals surface area contributed by atoms with Gasteiger partial charge in [0.15, 0.2) is 0 Å². The van der Waals surface area contributed by atoms with Crippen LogP contribution in [0, 0.1) is 0 Å². The van der Waals surface area contributed by atoms with Crippen molar-refractivity contribution in [2.45, 2.75) is 32.7 Å². The average molecular weight is 215 g/mol. The van der Waals surface area contributed by atoms with E-state index < -0.39 is 0 Å². The molecule has 0 aliphatic heterocycles. The van der Waals surface area contributed by atoms with Gasteiger partial charge in [-0.3, -0.25) is 0 Å². The maximum atomic E-state index is 3.80. The number of allylic oxidation sites excluding steroid dienone is 3. The Labute approximate surface area is 98.8 Å². The van der Waals surface area contributed by atoms with E-state index >= 15 is 0 Å². The molecule has 0 aromatic carbocycles. The Hall–Kier alpha value is -1.50. The molecule has 0 unspecified atom stereocenters. The van der Waals surface area contributed by atoms with Crippen molar-refractivity contribution in [2.24, 2.45) is 0 Å². The van der Waals surface area contributed by atoms with Crippen LogP contribution in [0.15, 0.2) is 43.6 Å². The lowest BCUT2D eigenvalue weighted by molar-refractivity contribution is 0.630. The zero-order valence-electron chi connectivity index (χ0n) is 10.2. The fraction of sp³-hybridized carbons (Fsp3) is 0.333. The lowest BCUT2D eigenvalue weighted by atomic mass is 10.1. The first-order chi connectivity index (χ1) is 7.83. The largest absolute Gasteiger partial charge is 0.348 e. The van der Waals surface area contributed by atoms with Crippen molar-refractivity contribution in [3.8, 4) is 0 Å². The summed E-state index contributed by atoms with van der Waals surface area (Å²) in [7, 11) is 0. The van der Waals surface area contributed by atoms with E-state index in [-0.39, 0.29) is 0 Å². The van der Waals surface area contributed by atoms with Crippen LogP contribution in [0.25, 0.3) is 6.08 Å². The first-order valence-corrected chi connectivity index (χ1v) is 5.91. The summed E-state index contributed by atoms with van der Waals surface area (Å²) in [5.41, 5.74) is 2.62. The van der Waals surface area contributed by atoms with Crippen molar-refractivity contribution < 1.29 is 0 Å². The molecule has 0 saturated carbocycles. The molecule has 1 aromatic rings. The van der Waals surface area contributed by atoms with E-state index in [0.717, 1.165) is 13.0 Å². The quantitative estimate of drug-likeness (QED) is 0.474. The van der Waals surface area contributed by atoms with Crippen LogP contribution in [-0.4, -0.2) is 4.57 Å². The van der Waals surface area contributed by atoms with Gasteiger partial charge in [-0.15, -0.1) is 6.58 Å². The molecule has 0 fully saturated rings. The maximum Gasteiger partial charge on any atom is 0.0442 e. The van der Waals surface area contributed by atoms with E-state index in [1.54, 1.807) is 0 Å². The van der Waals surface area contributed by atoms with Gasteiger partial charge in [0.1, 0.15) is 0 Å². The number of unbranched alkanes of at least 4 members (excludes halogenated alkanes) is 1. The molecule has 1 heterocycles. The predicted molar refractivity (Wildman–Crippen MR) is 72.5 cm³/mol. The molecule has 0 radical (unpaired) electrons. The first kappa shape index (κ1) is 12.6. The molecule has 0 atom stereocenters. The Morgan fingerprint density at radius 1 is 1.38 bits per heavy atom. The second kappa shape index (κ2) is 6.89. The third-order valence-electron chi connectivity index (χ3n) is 2.60. The molecule has 16 heavy (non-hydrogen) atoms. The van der Waals surface area contributed by atoms with Gasteiger partial charge >= 0.3 is 0 Å². The SMILES string of the molecule is C=C/C=C\c1c(CC=C)ccn1CCCC. The molecule has 1 nitrogen and oxygen atoms in total. The highest BCUT2D eigenvalue weighted by atomic mass is 15.0. The Morgan fingerprint density at radius 2 is 2.19 bits per heavy atom. The van der Waals surface area contributed by atoms with E-state index in [1.807, 2.05) is 18.2 Å². The van der Waals surface area contributed by atoms with E-state index in [1.165, 1.54) is 24.1 Å². The zero-order valence-corrected chi connectivity index (χ0v) is 10.2. The van der Waals surface area contributed by atoms with Crippen LogP contribution in [0.3, 0.4) is 0 Å². The predicted octanol–water partition coefficient (Wildman–Crippen LogP) is 4.22. The number of nitrogens with zero attached hydrogens (tertiary/aromatic N) is 1. The Kier molecular flexibility index (Phi) is 5.41. The molecule has 1 aromatic heterocycles. The zero-order chi connectivity index (χ0) is 11.8. The summed E-state index contributed by atoms with van der Waals surface area (Å²) in [5.74, 6) is 0. The maximum absolute atomic E-state index is 3.80. The van der Waals surface area contributed by atoms with E-state index in [9.17, 15) is 0 Å². The Balaban J connectivity index is 2.93. The second-order valence-electron chi connectivity index (χ2n) is 3.86. The Bertz CT molecular complexity index is 369. The molecule has 0 aliphatic carbocycles. The highest BCUT2D eigenvalue weighted by molar-refractivity contribution is 5.52.